The normalized spacial score (nSPS) is 15.2. The standard InChI is InChI=1S/C49H37BN2O2/c1-48(2,3)28-21-23-29(24-22-28)52-39-25-32-30-13-6-10-19-41(30)53-43(32)27-34(39)44-45-40(26-33-31-14-7-11-20-42(31)54-47(33)44)51-38-18-9-8-15-35(38)49(4,5)36-16-12-17-37(46(36)51)50(45)52/h6-27H,1-5H3. The zero-order valence-electron chi connectivity index (χ0n) is 31.0. The highest BCUT2D eigenvalue weighted by atomic mass is 16.3. The van der Waals surface area contributed by atoms with Crippen LogP contribution in [0, 0.1) is 0 Å². The first-order valence-corrected chi connectivity index (χ1v) is 19.0. The fraction of sp³-hybridized carbons (Fsp3) is 0.143. The number of nitrogens with zero attached hydrogens (tertiary/aromatic N) is 2. The summed E-state index contributed by atoms with van der Waals surface area (Å²) in [5.41, 5.74) is 18.2. The molecule has 0 amide bonds. The van der Waals surface area contributed by atoms with Gasteiger partial charge in [0.2, 0.25) is 0 Å². The van der Waals surface area contributed by atoms with E-state index in [-0.39, 0.29) is 17.7 Å². The van der Waals surface area contributed by atoms with Crippen LogP contribution in [0.5, 0.6) is 0 Å². The summed E-state index contributed by atoms with van der Waals surface area (Å²) in [4.78, 5) is 5.16. The highest BCUT2D eigenvalue weighted by molar-refractivity contribution is 6.94. The Morgan fingerprint density at radius 2 is 1.24 bits per heavy atom. The van der Waals surface area contributed by atoms with Gasteiger partial charge in [-0.1, -0.05) is 120 Å². The molecule has 0 fully saturated rings. The van der Waals surface area contributed by atoms with Gasteiger partial charge in [0.15, 0.2) is 0 Å². The van der Waals surface area contributed by atoms with Gasteiger partial charge in [0, 0.05) is 60.8 Å². The first kappa shape index (κ1) is 30.3. The van der Waals surface area contributed by atoms with Crippen LogP contribution in [-0.4, -0.2) is 6.85 Å². The van der Waals surface area contributed by atoms with Crippen molar-refractivity contribution in [2.24, 2.45) is 0 Å². The summed E-state index contributed by atoms with van der Waals surface area (Å²) in [6.45, 7) is 11.5. The molecule has 0 N–H and O–H groups in total. The van der Waals surface area contributed by atoms with E-state index in [4.69, 9.17) is 8.83 Å². The Morgan fingerprint density at radius 3 is 2.02 bits per heavy atom. The minimum absolute atomic E-state index is 0.0374. The third-order valence-corrected chi connectivity index (χ3v) is 12.6. The lowest BCUT2D eigenvalue weighted by Crippen LogP contribution is -2.62. The second kappa shape index (κ2) is 10.1. The van der Waals surface area contributed by atoms with Gasteiger partial charge in [-0.25, -0.2) is 0 Å². The molecular formula is C49H37BN2O2. The predicted molar refractivity (Wildman–Crippen MR) is 226 cm³/mol. The Labute approximate surface area is 314 Å². The van der Waals surface area contributed by atoms with Crippen LogP contribution in [0.4, 0.5) is 28.4 Å². The summed E-state index contributed by atoms with van der Waals surface area (Å²) in [7, 11) is 0. The van der Waals surface area contributed by atoms with Crippen molar-refractivity contribution in [3.8, 4) is 11.1 Å². The molecule has 5 heteroatoms. The largest absolute Gasteiger partial charge is 0.456 e. The Hall–Kier alpha value is -6.20. The second-order valence-electron chi connectivity index (χ2n) is 16.9. The molecular weight excluding hydrogens is 659 g/mol. The summed E-state index contributed by atoms with van der Waals surface area (Å²) < 4.78 is 13.6. The fourth-order valence-electron chi connectivity index (χ4n) is 9.97. The van der Waals surface area contributed by atoms with Gasteiger partial charge in [0.25, 0.3) is 0 Å². The zero-order chi connectivity index (χ0) is 36.2. The highest BCUT2D eigenvalue weighted by Crippen LogP contribution is 2.56. The third kappa shape index (κ3) is 3.74. The molecule has 0 spiro atoms. The number of fused-ring (bicyclic) bond motifs is 13. The van der Waals surface area contributed by atoms with E-state index in [1.165, 1.54) is 44.7 Å². The minimum atomic E-state index is -0.196. The minimum Gasteiger partial charge on any atom is -0.456 e. The van der Waals surface area contributed by atoms with E-state index < -0.39 is 0 Å². The maximum absolute atomic E-state index is 6.97. The summed E-state index contributed by atoms with van der Waals surface area (Å²) in [5.74, 6) is 0. The molecule has 54 heavy (non-hydrogen) atoms. The van der Waals surface area contributed by atoms with Crippen molar-refractivity contribution in [1.29, 1.82) is 0 Å². The zero-order valence-corrected chi connectivity index (χ0v) is 31.0. The van der Waals surface area contributed by atoms with E-state index in [0.717, 1.165) is 66.4 Å². The molecule has 7 aromatic carbocycles. The van der Waals surface area contributed by atoms with Crippen LogP contribution in [0.15, 0.2) is 142 Å². The number of hydrogen-bond acceptors (Lipinski definition) is 4. The van der Waals surface area contributed by atoms with Gasteiger partial charge in [-0.15, -0.1) is 0 Å². The molecule has 9 aromatic rings. The average molecular weight is 697 g/mol. The summed E-state index contributed by atoms with van der Waals surface area (Å²) in [6, 6.07) is 49.2. The molecule has 0 bridgehead atoms. The molecule has 3 aliphatic rings. The highest BCUT2D eigenvalue weighted by Gasteiger charge is 2.50. The predicted octanol–water partition coefficient (Wildman–Crippen LogP) is 12.1. The van der Waals surface area contributed by atoms with Gasteiger partial charge in [-0.2, -0.15) is 0 Å². The van der Waals surface area contributed by atoms with Crippen molar-refractivity contribution in [2.75, 3.05) is 9.71 Å². The molecule has 5 heterocycles. The van der Waals surface area contributed by atoms with Crippen LogP contribution in [0.2, 0.25) is 0 Å². The molecule has 3 aliphatic heterocycles. The van der Waals surface area contributed by atoms with E-state index in [1.807, 2.05) is 0 Å². The number of hydrogen-bond donors (Lipinski definition) is 0. The van der Waals surface area contributed by atoms with Gasteiger partial charge in [0.05, 0.1) is 5.69 Å². The second-order valence-corrected chi connectivity index (χ2v) is 16.9. The van der Waals surface area contributed by atoms with Crippen molar-refractivity contribution in [1.82, 2.24) is 0 Å². The number of rotatable bonds is 1. The van der Waals surface area contributed by atoms with Crippen molar-refractivity contribution in [3.63, 3.8) is 0 Å². The van der Waals surface area contributed by atoms with E-state index in [9.17, 15) is 0 Å². The fourth-order valence-corrected chi connectivity index (χ4v) is 9.97. The Kier molecular flexibility index (Phi) is 5.64. The summed E-state index contributed by atoms with van der Waals surface area (Å²) >= 11 is 0. The summed E-state index contributed by atoms with van der Waals surface area (Å²) in [6.07, 6.45) is 0. The SMILES string of the molecule is CC(C)(C)c1ccc(N2B3c4cccc5c4N(c4ccccc4C5(C)C)c4cc5c(oc6ccccc65)c(c43)-c3cc4oc5ccccc5c4cc32)cc1. The molecule has 4 nitrogen and oxygen atoms in total. The van der Waals surface area contributed by atoms with Crippen LogP contribution >= 0.6 is 0 Å². The van der Waals surface area contributed by atoms with Gasteiger partial charge in [0.1, 0.15) is 22.3 Å². The van der Waals surface area contributed by atoms with Gasteiger partial charge in [-0.3, -0.25) is 0 Å². The molecule has 0 saturated carbocycles. The van der Waals surface area contributed by atoms with Crippen LogP contribution < -0.4 is 20.6 Å². The van der Waals surface area contributed by atoms with Crippen LogP contribution in [0.25, 0.3) is 55.0 Å². The monoisotopic (exact) mass is 696 g/mol. The van der Waals surface area contributed by atoms with Crippen molar-refractivity contribution < 1.29 is 8.83 Å². The lowest BCUT2D eigenvalue weighted by atomic mass is 9.42. The van der Waals surface area contributed by atoms with Crippen molar-refractivity contribution in [3.05, 3.63) is 150 Å². The van der Waals surface area contributed by atoms with Crippen molar-refractivity contribution in [2.45, 2.75) is 45.4 Å². The average Bonchev–Trinajstić information content (AvgIpc) is 3.74. The molecule has 0 radical (unpaired) electrons. The molecule has 2 aromatic heterocycles. The molecule has 0 aliphatic carbocycles. The van der Waals surface area contributed by atoms with Crippen LogP contribution in [0.1, 0.15) is 51.3 Å². The van der Waals surface area contributed by atoms with E-state index in [1.54, 1.807) is 0 Å². The third-order valence-electron chi connectivity index (χ3n) is 12.6. The van der Waals surface area contributed by atoms with Gasteiger partial charge >= 0.3 is 6.85 Å². The number of anilines is 5. The molecule has 0 unspecified atom stereocenters. The smallest absolute Gasteiger partial charge is 0.333 e. The van der Waals surface area contributed by atoms with E-state index in [0.29, 0.717) is 0 Å². The Bertz CT molecular complexity index is 3090. The number of para-hydroxylation sites is 4. The molecule has 0 atom stereocenters. The van der Waals surface area contributed by atoms with Gasteiger partial charge < -0.3 is 18.5 Å². The van der Waals surface area contributed by atoms with Crippen molar-refractivity contribution >= 4 is 90.1 Å². The Morgan fingerprint density at radius 1 is 0.574 bits per heavy atom. The lowest BCUT2D eigenvalue weighted by Gasteiger charge is -2.50. The number of furan rings is 2. The maximum Gasteiger partial charge on any atom is 0.333 e. The number of benzene rings is 7. The van der Waals surface area contributed by atoms with Gasteiger partial charge in [-0.05, 0) is 81.6 Å². The summed E-state index contributed by atoms with van der Waals surface area (Å²) in [5, 5.41) is 4.49. The molecule has 12 rings (SSSR count). The first-order valence-electron chi connectivity index (χ1n) is 19.0. The first-order chi connectivity index (χ1) is 26.2. The topological polar surface area (TPSA) is 32.8 Å². The Balaban J connectivity index is 1.28. The maximum atomic E-state index is 6.97. The van der Waals surface area contributed by atoms with E-state index in [2.05, 4.69) is 178 Å². The molecule has 258 valence electrons. The lowest BCUT2D eigenvalue weighted by molar-refractivity contribution is 0.590. The van der Waals surface area contributed by atoms with E-state index >= 15 is 0 Å². The quantitative estimate of drug-likeness (QED) is 0.160. The molecule has 0 saturated heterocycles. The van der Waals surface area contributed by atoms with Crippen LogP contribution in [-0.2, 0) is 10.8 Å². The van der Waals surface area contributed by atoms with Crippen LogP contribution in [0.3, 0.4) is 0 Å².